The van der Waals surface area contributed by atoms with Gasteiger partial charge in [-0.1, -0.05) is 41.9 Å². The van der Waals surface area contributed by atoms with Gasteiger partial charge < -0.3 is 14.8 Å². The third-order valence-electron chi connectivity index (χ3n) is 7.03. The second kappa shape index (κ2) is 14.1. The standard InChI is InChI=1S/C29H33ClN6O7S/c1-4-36(39,5-2)33-34-43-19-42-29(38)24-11-8-9-21(16-24)18-31-44(40,41)27-17-23(13-14-25(27)30)28(37)32-35-20(3)15-22-10-6-7-12-26(22)35/h6-14,16-17,20,31H,4-5,15,18-19H2,1-3H3,(H,32,37)/b34-33-. The van der Waals surface area contributed by atoms with Crippen molar-refractivity contribution in [3.8, 4) is 0 Å². The zero-order chi connectivity index (χ0) is 31.9. The third kappa shape index (κ3) is 7.89. The summed E-state index contributed by atoms with van der Waals surface area (Å²) < 4.78 is 32.9. The average Bonchev–Trinajstić information content (AvgIpc) is 3.34. The number of nitrogens with zero attached hydrogens (tertiary/aromatic N) is 4. The van der Waals surface area contributed by atoms with Gasteiger partial charge in [0.1, 0.15) is 18.0 Å². The molecule has 1 amide bonds. The van der Waals surface area contributed by atoms with Gasteiger partial charge in [-0.15, -0.1) is 0 Å². The minimum Gasteiger partial charge on any atom is -0.603 e. The number of anilines is 1. The van der Waals surface area contributed by atoms with Crippen molar-refractivity contribution in [2.75, 3.05) is 24.9 Å². The molecule has 1 unspecified atom stereocenters. The number of esters is 1. The minimum absolute atomic E-state index is 0.0182. The summed E-state index contributed by atoms with van der Waals surface area (Å²) in [6, 6.07) is 17.9. The van der Waals surface area contributed by atoms with Gasteiger partial charge in [-0.3, -0.25) is 15.2 Å². The lowest BCUT2D eigenvalue weighted by atomic mass is 10.1. The van der Waals surface area contributed by atoms with E-state index in [2.05, 4.69) is 20.6 Å². The molecule has 0 radical (unpaired) electrons. The Balaban J connectivity index is 1.37. The Kier molecular flexibility index (Phi) is 10.5. The van der Waals surface area contributed by atoms with Gasteiger partial charge in [-0.25, -0.2) is 22.7 Å². The fourth-order valence-corrected chi connectivity index (χ4v) is 6.00. The molecule has 1 atom stereocenters. The van der Waals surface area contributed by atoms with Gasteiger partial charge in [0.15, 0.2) is 0 Å². The molecule has 0 fully saturated rings. The number of carbonyl (C=O) groups excluding carboxylic acids is 2. The maximum absolute atomic E-state index is 13.2. The smallest absolute Gasteiger partial charge is 0.341 e. The van der Waals surface area contributed by atoms with Crippen molar-refractivity contribution in [3.63, 3.8) is 0 Å². The average molecular weight is 645 g/mol. The molecule has 234 valence electrons. The van der Waals surface area contributed by atoms with E-state index in [-0.39, 0.29) is 46.7 Å². The first kappa shape index (κ1) is 32.8. The first-order chi connectivity index (χ1) is 21.0. The molecule has 0 aromatic heterocycles. The minimum atomic E-state index is -4.16. The largest absolute Gasteiger partial charge is 0.603 e. The molecule has 2 N–H and O–H groups in total. The summed E-state index contributed by atoms with van der Waals surface area (Å²) in [6.07, 6.45) is 0.764. The molecule has 3 aromatic rings. The topological polar surface area (TPSA) is 162 Å². The summed E-state index contributed by atoms with van der Waals surface area (Å²) in [4.78, 5) is 30.0. The number of nitrogens with one attached hydrogen (secondary N) is 2. The molecule has 0 spiro atoms. The molecule has 1 aliphatic rings. The van der Waals surface area contributed by atoms with Crippen molar-refractivity contribution in [3.05, 3.63) is 99.2 Å². The van der Waals surface area contributed by atoms with E-state index in [0.29, 0.717) is 5.56 Å². The summed E-state index contributed by atoms with van der Waals surface area (Å²) in [5.74, 6) is -1.24. The van der Waals surface area contributed by atoms with Crippen LogP contribution in [0.15, 0.2) is 82.1 Å². The van der Waals surface area contributed by atoms with Crippen LogP contribution in [0.1, 0.15) is 52.6 Å². The van der Waals surface area contributed by atoms with Crippen molar-refractivity contribution in [2.45, 2.75) is 44.7 Å². The zero-order valence-electron chi connectivity index (χ0n) is 24.4. The first-order valence-electron chi connectivity index (χ1n) is 13.8. The van der Waals surface area contributed by atoms with Crippen LogP contribution in [0.4, 0.5) is 5.69 Å². The number of hydrogen-bond acceptors (Lipinski definition) is 10. The molecular weight excluding hydrogens is 612 g/mol. The van der Waals surface area contributed by atoms with Gasteiger partial charge >= 0.3 is 5.97 Å². The molecule has 0 saturated carbocycles. The van der Waals surface area contributed by atoms with E-state index < -0.39 is 33.4 Å². The van der Waals surface area contributed by atoms with Gasteiger partial charge in [0.05, 0.1) is 32.8 Å². The second-order valence-corrected chi connectivity index (χ2v) is 12.1. The van der Waals surface area contributed by atoms with Crippen LogP contribution in [0.5, 0.6) is 0 Å². The molecule has 3 aromatic carbocycles. The molecule has 44 heavy (non-hydrogen) atoms. The Morgan fingerprint density at radius 2 is 1.82 bits per heavy atom. The van der Waals surface area contributed by atoms with E-state index in [1.807, 2.05) is 31.2 Å². The highest BCUT2D eigenvalue weighted by atomic mass is 35.5. The van der Waals surface area contributed by atoms with E-state index in [1.165, 1.54) is 30.3 Å². The Bertz CT molecular complexity index is 1650. The summed E-state index contributed by atoms with van der Waals surface area (Å²) in [5.41, 5.74) is 5.55. The van der Waals surface area contributed by atoms with Crippen LogP contribution in [0, 0.1) is 5.21 Å². The molecule has 15 heteroatoms. The van der Waals surface area contributed by atoms with Gasteiger partial charge in [0.2, 0.25) is 10.0 Å². The van der Waals surface area contributed by atoms with E-state index in [4.69, 9.17) is 21.2 Å². The fraction of sp³-hybridized carbons (Fsp3) is 0.310. The second-order valence-electron chi connectivity index (χ2n) is 9.99. The number of para-hydroxylation sites is 1. The Morgan fingerprint density at radius 3 is 2.57 bits per heavy atom. The highest BCUT2D eigenvalue weighted by Gasteiger charge is 2.28. The molecule has 1 heterocycles. The normalized spacial score (nSPS) is 14.8. The van der Waals surface area contributed by atoms with Crippen LogP contribution >= 0.6 is 11.6 Å². The van der Waals surface area contributed by atoms with Gasteiger partial charge in [-0.2, -0.15) is 0 Å². The monoisotopic (exact) mass is 644 g/mol. The molecule has 0 saturated heterocycles. The van der Waals surface area contributed by atoms with E-state index in [0.717, 1.165) is 17.7 Å². The summed E-state index contributed by atoms with van der Waals surface area (Å²) in [6.45, 7) is 4.88. The van der Waals surface area contributed by atoms with Crippen molar-refractivity contribution in [1.29, 1.82) is 0 Å². The van der Waals surface area contributed by atoms with Gasteiger partial charge in [0.25, 0.3) is 12.7 Å². The molecular formula is C29H33ClN6O7S. The summed E-state index contributed by atoms with van der Waals surface area (Å²) in [5, 5.41) is 20.5. The van der Waals surface area contributed by atoms with Crippen LogP contribution in [-0.2, 0) is 32.6 Å². The number of hydrazine groups is 1. The van der Waals surface area contributed by atoms with Gasteiger partial charge in [0, 0.05) is 12.1 Å². The van der Waals surface area contributed by atoms with E-state index >= 15 is 0 Å². The van der Waals surface area contributed by atoms with Crippen LogP contribution in [0.3, 0.4) is 0 Å². The predicted molar refractivity (Wildman–Crippen MR) is 162 cm³/mol. The fourth-order valence-electron chi connectivity index (χ4n) is 4.45. The van der Waals surface area contributed by atoms with Crippen molar-refractivity contribution in [1.82, 2.24) is 10.1 Å². The molecule has 0 aliphatic carbocycles. The van der Waals surface area contributed by atoms with Gasteiger partial charge in [-0.05, 0) is 74.7 Å². The molecule has 0 bridgehead atoms. The predicted octanol–water partition coefficient (Wildman–Crippen LogP) is 4.68. The molecule has 1 aliphatic heterocycles. The Labute approximate surface area is 260 Å². The number of halogens is 1. The Hall–Kier alpha value is -4.08. The van der Waals surface area contributed by atoms with Crippen LogP contribution in [-0.4, -0.2) is 51.0 Å². The third-order valence-corrected chi connectivity index (χ3v) is 8.91. The van der Waals surface area contributed by atoms with E-state index in [9.17, 15) is 23.2 Å². The number of ether oxygens (including phenoxy) is 1. The number of quaternary nitrogens is 1. The lowest BCUT2D eigenvalue weighted by molar-refractivity contribution is -0.890. The lowest BCUT2D eigenvalue weighted by Gasteiger charge is -2.30. The van der Waals surface area contributed by atoms with Crippen LogP contribution in [0.25, 0.3) is 0 Å². The zero-order valence-corrected chi connectivity index (χ0v) is 26.0. The number of rotatable bonds is 13. The van der Waals surface area contributed by atoms with Crippen molar-refractivity contribution < 1.29 is 32.3 Å². The SMILES string of the molecule is CC[N+]([O-])(CC)/N=N\OCOC(=O)c1cccc(CNS(=O)(=O)c2cc(C(=O)NN3c4ccccc4CC3C)ccc2Cl)c1. The van der Waals surface area contributed by atoms with E-state index in [1.54, 1.807) is 31.0 Å². The lowest BCUT2D eigenvalue weighted by Crippen LogP contribution is -2.45. The number of amides is 1. The number of carbonyl (C=O) groups is 2. The quantitative estimate of drug-likeness (QED) is 0.0677. The Morgan fingerprint density at radius 1 is 1.07 bits per heavy atom. The maximum Gasteiger partial charge on any atom is 0.341 e. The molecule has 4 rings (SSSR count). The number of benzene rings is 3. The number of hydroxylamine groups is 2. The number of fused-ring (bicyclic) bond motifs is 1. The highest BCUT2D eigenvalue weighted by Crippen LogP contribution is 2.30. The summed E-state index contributed by atoms with van der Waals surface area (Å²) in [7, 11) is -4.16. The first-order valence-corrected chi connectivity index (χ1v) is 15.7. The van der Waals surface area contributed by atoms with Crippen molar-refractivity contribution in [2.24, 2.45) is 10.5 Å². The van der Waals surface area contributed by atoms with Crippen molar-refractivity contribution >= 4 is 39.2 Å². The maximum atomic E-state index is 13.2. The number of sulfonamides is 1. The van der Waals surface area contributed by atoms with Crippen LogP contribution in [0.2, 0.25) is 5.02 Å². The highest BCUT2D eigenvalue weighted by molar-refractivity contribution is 7.89. The number of hydrogen-bond donors (Lipinski definition) is 2. The summed E-state index contributed by atoms with van der Waals surface area (Å²) >= 11 is 6.24. The van der Waals surface area contributed by atoms with Crippen LogP contribution < -0.4 is 15.2 Å². The molecule has 13 nitrogen and oxygen atoms in total.